The smallest absolute Gasteiger partial charge is 0.270 e. The lowest BCUT2D eigenvalue weighted by Gasteiger charge is -2.01. The molecule has 0 aliphatic heterocycles. The monoisotopic (exact) mass is 373 g/mol. The van der Waals surface area contributed by atoms with Crippen LogP contribution in [0.3, 0.4) is 0 Å². The summed E-state index contributed by atoms with van der Waals surface area (Å²) in [4.78, 5) is 28.0. The van der Waals surface area contributed by atoms with Crippen molar-refractivity contribution in [2.45, 2.75) is 6.92 Å². The van der Waals surface area contributed by atoms with Crippen molar-refractivity contribution in [3.63, 3.8) is 0 Å². The average Bonchev–Trinajstić information content (AvgIpc) is 2.96. The number of nitrogens with one attached hydrogen (secondary N) is 1. The maximum Gasteiger partial charge on any atom is 0.270 e. The quantitative estimate of drug-likeness (QED) is 0.518. The summed E-state index contributed by atoms with van der Waals surface area (Å²) in [5.74, 6) is -0.444. The number of non-ortho nitro benzene ring substituents is 1. The first-order chi connectivity index (χ1) is 11.9. The van der Waals surface area contributed by atoms with Crippen molar-refractivity contribution < 1.29 is 9.72 Å². The van der Waals surface area contributed by atoms with Crippen molar-refractivity contribution in [3.8, 4) is 11.3 Å². The Bertz CT molecular complexity index is 954. The largest absolute Gasteiger partial charge is 0.298 e. The molecule has 3 aromatic rings. The van der Waals surface area contributed by atoms with E-state index in [2.05, 4.69) is 10.3 Å². The molecule has 3 rings (SSSR count). The fraction of sp³-hybridized carbons (Fsp3) is 0.0588. The van der Waals surface area contributed by atoms with E-state index in [0.717, 1.165) is 16.1 Å². The zero-order valence-electron chi connectivity index (χ0n) is 13.0. The van der Waals surface area contributed by atoms with E-state index >= 15 is 0 Å². The molecule has 1 amide bonds. The molecule has 0 saturated carbocycles. The molecule has 1 heterocycles. The zero-order chi connectivity index (χ0) is 18.0. The Morgan fingerprint density at radius 3 is 2.64 bits per heavy atom. The summed E-state index contributed by atoms with van der Waals surface area (Å²) < 4.78 is 0. The molecule has 0 fully saturated rings. The van der Waals surface area contributed by atoms with E-state index in [-0.39, 0.29) is 11.3 Å². The van der Waals surface area contributed by atoms with Gasteiger partial charge in [-0.05, 0) is 25.1 Å². The van der Waals surface area contributed by atoms with E-state index in [1.807, 2.05) is 19.1 Å². The van der Waals surface area contributed by atoms with Crippen molar-refractivity contribution in [1.29, 1.82) is 0 Å². The standard InChI is InChI=1S/C17H12ClN3O3S/c1-10-15(11-5-7-13(18)8-6-11)19-17(25-10)20-16(22)12-3-2-4-14(9-12)21(23)24/h2-9H,1H3,(H,19,20,22). The first-order valence-corrected chi connectivity index (χ1v) is 8.42. The summed E-state index contributed by atoms with van der Waals surface area (Å²) in [5.41, 5.74) is 1.73. The Morgan fingerprint density at radius 1 is 1.24 bits per heavy atom. The van der Waals surface area contributed by atoms with Gasteiger partial charge in [-0.15, -0.1) is 11.3 Å². The second-order valence-electron chi connectivity index (χ2n) is 5.19. The van der Waals surface area contributed by atoms with Crippen LogP contribution in [0.25, 0.3) is 11.3 Å². The van der Waals surface area contributed by atoms with Crippen molar-refractivity contribution >= 4 is 39.7 Å². The molecule has 25 heavy (non-hydrogen) atoms. The van der Waals surface area contributed by atoms with Crippen molar-refractivity contribution in [2.75, 3.05) is 5.32 Å². The molecule has 0 bridgehead atoms. The van der Waals surface area contributed by atoms with Gasteiger partial charge in [0.15, 0.2) is 5.13 Å². The van der Waals surface area contributed by atoms with Crippen LogP contribution in [0, 0.1) is 17.0 Å². The predicted octanol–water partition coefficient (Wildman–Crippen LogP) is 4.93. The molecule has 1 N–H and O–H groups in total. The predicted molar refractivity (Wildman–Crippen MR) is 98.3 cm³/mol. The Balaban J connectivity index is 1.83. The summed E-state index contributed by atoms with van der Waals surface area (Å²) in [6.45, 7) is 1.91. The van der Waals surface area contributed by atoms with Crippen molar-refractivity contribution in [2.24, 2.45) is 0 Å². The summed E-state index contributed by atoms with van der Waals surface area (Å²) in [5, 5.41) is 14.6. The number of hydrogen-bond acceptors (Lipinski definition) is 5. The fourth-order valence-electron chi connectivity index (χ4n) is 2.26. The van der Waals surface area contributed by atoms with E-state index in [0.29, 0.717) is 10.2 Å². The van der Waals surface area contributed by atoms with Gasteiger partial charge in [-0.1, -0.05) is 29.8 Å². The van der Waals surface area contributed by atoms with Gasteiger partial charge in [-0.25, -0.2) is 4.98 Å². The van der Waals surface area contributed by atoms with Gasteiger partial charge in [0.05, 0.1) is 10.6 Å². The number of rotatable bonds is 4. The summed E-state index contributed by atoms with van der Waals surface area (Å²) >= 11 is 7.23. The number of carbonyl (C=O) groups excluding carboxylic acids is 1. The van der Waals surface area contributed by atoms with Gasteiger partial charge in [0.1, 0.15) is 0 Å². The molecule has 126 valence electrons. The van der Waals surface area contributed by atoms with Gasteiger partial charge >= 0.3 is 0 Å². The molecule has 0 saturated heterocycles. The van der Waals surface area contributed by atoms with E-state index in [4.69, 9.17) is 11.6 Å². The molecule has 0 aliphatic rings. The Labute approximate surface area is 152 Å². The molecular formula is C17H12ClN3O3S. The number of thiazole rings is 1. The molecule has 1 aromatic heterocycles. The van der Waals surface area contributed by atoms with Gasteiger partial charge in [0, 0.05) is 33.2 Å². The molecule has 0 radical (unpaired) electrons. The van der Waals surface area contributed by atoms with Crippen LogP contribution in [0.2, 0.25) is 5.02 Å². The van der Waals surface area contributed by atoms with E-state index < -0.39 is 10.8 Å². The molecule has 0 atom stereocenters. The third kappa shape index (κ3) is 3.84. The van der Waals surface area contributed by atoms with Gasteiger partial charge < -0.3 is 0 Å². The number of carbonyl (C=O) groups is 1. The minimum atomic E-state index is -0.539. The number of hydrogen-bond donors (Lipinski definition) is 1. The highest BCUT2D eigenvalue weighted by molar-refractivity contribution is 7.16. The van der Waals surface area contributed by atoms with Gasteiger partial charge in [0.2, 0.25) is 0 Å². The number of anilines is 1. The Morgan fingerprint density at radius 2 is 1.96 bits per heavy atom. The first kappa shape index (κ1) is 17.1. The van der Waals surface area contributed by atoms with Crippen LogP contribution in [0.5, 0.6) is 0 Å². The molecule has 6 nitrogen and oxygen atoms in total. The van der Waals surface area contributed by atoms with Crippen LogP contribution in [-0.2, 0) is 0 Å². The van der Waals surface area contributed by atoms with E-state index in [1.54, 1.807) is 12.1 Å². The fourth-order valence-corrected chi connectivity index (χ4v) is 3.21. The molecule has 2 aromatic carbocycles. The highest BCUT2D eigenvalue weighted by atomic mass is 35.5. The van der Waals surface area contributed by atoms with Gasteiger partial charge in [-0.2, -0.15) is 0 Å². The number of aryl methyl sites for hydroxylation is 1. The summed E-state index contributed by atoms with van der Waals surface area (Å²) in [6.07, 6.45) is 0. The van der Waals surface area contributed by atoms with Gasteiger partial charge in [0.25, 0.3) is 11.6 Å². The maximum atomic E-state index is 12.3. The minimum absolute atomic E-state index is 0.134. The number of halogens is 1. The van der Waals surface area contributed by atoms with Crippen LogP contribution in [0.1, 0.15) is 15.2 Å². The molecule has 0 spiro atoms. The maximum absolute atomic E-state index is 12.3. The number of aromatic nitrogens is 1. The molecule has 0 unspecified atom stereocenters. The number of nitrogens with zero attached hydrogens (tertiary/aromatic N) is 2. The first-order valence-electron chi connectivity index (χ1n) is 7.23. The van der Waals surface area contributed by atoms with Crippen LogP contribution in [0.15, 0.2) is 48.5 Å². The highest BCUT2D eigenvalue weighted by Gasteiger charge is 2.15. The number of nitro groups is 1. The second-order valence-corrected chi connectivity index (χ2v) is 6.83. The average molecular weight is 374 g/mol. The summed E-state index contributed by atoms with van der Waals surface area (Å²) in [7, 11) is 0. The normalized spacial score (nSPS) is 10.5. The Hall–Kier alpha value is -2.77. The number of amides is 1. The van der Waals surface area contributed by atoms with Crippen LogP contribution in [0.4, 0.5) is 10.8 Å². The molecule has 8 heteroatoms. The number of nitro benzene ring substituents is 1. The third-order valence-electron chi connectivity index (χ3n) is 3.45. The lowest BCUT2D eigenvalue weighted by atomic mass is 10.1. The SMILES string of the molecule is Cc1sc(NC(=O)c2cccc([N+](=O)[O-])c2)nc1-c1ccc(Cl)cc1. The van der Waals surface area contributed by atoms with Crippen molar-refractivity contribution in [1.82, 2.24) is 4.98 Å². The van der Waals surface area contributed by atoms with Crippen LogP contribution in [-0.4, -0.2) is 15.8 Å². The van der Waals surface area contributed by atoms with Crippen LogP contribution < -0.4 is 5.32 Å². The topological polar surface area (TPSA) is 85.1 Å². The van der Waals surface area contributed by atoms with E-state index in [1.165, 1.54) is 35.6 Å². The molecular weight excluding hydrogens is 362 g/mol. The highest BCUT2D eigenvalue weighted by Crippen LogP contribution is 2.31. The lowest BCUT2D eigenvalue weighted by molar-refractivity contribution is -0.384. The lowest BCUT2D eigenvalue weighted by Crippen LogP contribution is -2.11. The van der Waals surface area contributed by atoms with Crippen molar-refractivity contribution in [3.05, 3.63) is 74.1 Å². The zero-order valence-corrected chi connectivity index (χ0v) is 14.6. The minimum Gasteiger partial charge on any atom is -0.298 e. The van der Waals surface area contributed by atoms with E-state index in [9.17, 15) is 14.9 Å². The van der Waals surface area contributed by atoms with Gasteiger partial charge in [-0.3, -0.25) is 20.2 Å². The summed E-state index contributed by atoms with van der Waals surface area (Å²) in [6, 6.07) is 12.8. The second kappa shape index (κ2) is 7.00. The Kier molecular flexibility index (Phi) is 4.78. The van der Waals surface area contributed by atoms with Crippen LogP contribution >= 0.6 is 22.9 Å². The number of benzene rings is 2. The molecule has 0 aliphatic carbocycles. The third-order valence-corrected chi connectivity index (χ3v) is 4.59.